The van der Waals surface area contributed by atoms with Crippen LogP contribution in [0.3, 0.4) is 0 Å². The predicted molar refractivity (Wildman–Crippen MR) is 214 cm³/mol. The van der Waals surface area contributed by atoms with Crippen molar-refractivity contribution >= 4 is 35.1 Å². The van der Waals surface area contributed by atoms with Gasteiger partial charge in [-0.3, -0.25) is 9.59 Å². The van der Waals surface area contributed by atoms with Gasteiger partial charge in [-0.2, -0.15) is 0 Å². The number of nitrogens with two attached hydrogens (primary N) is 2. The number of rotatable bonds is 14. The molecule has 0 bridgehead atoms. The molecule has 0 aromatic heterocycles. The summed E-state index contributed by atoms with van der Waals surface area (Å²) in [7, 11) is 3.17. The number of aromatic hydroxyl groups is 2. The molecule has 0 aliphatic heterocycles. The number of carbonyl (C=O) groups excluding carboxylic acids is 2. The normalized spacial score (nSPS) is 11.3. The Morgan fingerprint density at radius 1 is 0.635 bits per heavy atom. The van der Waals surface area contributed by atoms with E-state index in [1.165, 1.54) is 12.2 Å². The van der Waals surface area contributed by atoms with Gasteiger partial charge in [-0.15, -0.1) is 0 Å². The highest BCUT2D eigenvalue weighted by atomic mass is 16.5. The molecule has 8 nitrogen and oxygen atoms in total. The summed E-state index contributed by atoms with van der Waals surface area (Å²) in [5.41, 5.74) is 18.5. The van der Waals surface area contributed by atoms with Gasteiger partial charge in [-0.1, -0.05) is 54.4 Å². The van der Waals surface area contributed by atoms with E-state index in [-0.39, 0.29) is 34.9 Å². The molecule has 4 rings (SSSR count). The number of carbonyl (C=O) groups is 2. The first-order chi connectivity index (χ1) is 24.8. The topological polar surface area (TPSA) is 145 Å². The molecule has 0 radical (unpaired) electrons. The Labute approximate surface area is 308 Å². The van der Waals surface area contributed by atoms with Crippen molar-refractivity contribution in [3.63, 3.8) is 0 Å². The number of methoxy groups -OCH3 is 2. The second-order valence-electron chi connectivity index (χ2n) is 13.3. The van der Waals surface area contributed by atoms with Crippen LogP contribution < -0.4 is 20.9 Å². The lowest BCUT2D eigenvalue weighted by molar-refractivity contribution is 0.103. The number of anilines is 2. The Bertz CT molecular complexity index is 1890. The third kappa shape index (κ3) is 10.3. The standard InChI is InChI=1S/2C22H27NO3/c1-13(2)18-12-19(14(3)4)22(26-5)17(21(18)25)10-11-20(24)15-6-8-16(23)9-7-15;1-4-6-16-14-17(7-5-2)22(26-3)19(21(16)25)12-13-20(24)15-8-10-18(23)11-9-15/h6-14,25H,23H2,1-5H3;8-14,25H,4-7,23H2,1-3H3. The van der Waals surface area contributed by atoms with E-state index in [9.17, 15) is 19.8 Å². The van der Waals surface area contributed by atoms with E-state index in [1.54, 1.807) is 74.9 Å². The van der Waals surface area contributed by atoms with E-state index in [0.717, 1.165) is 47.9 Å². The smallest absolute Gasteiger partial charge is 0.185 e. The van der Waals surface area contributed by atoms with Gasteiger partial charge < -0.3 is 31.2 Å². The zero-order valence-corrected chi connectivity index (χ0v) is 31.7. The number of phenols is 2. The van der Waals surface area contributed by atoms with E-state index in [0.29, 0.717) is 45.1 Å². The van der Waals surface area contributed by atoms with Gasteiger partial charge in [0, 0.05) is 22.5 Å². The van der Waals surface area contributed by atoms with Crippen molar-refractivity contribution in [1.29, 1.82) is 0 Å². The van der Waals surface area contributed by atoms with Crippen LogP contribution in [0.15, 0.2) is 72.8 Å². The lowest BCUT2D eigenvalue weighted by atomic mass is 9.90. The molecule has 52 heavy (non-hydrogen) atoms. The first-order valence-electron chi connectivity index (χ1n) is 17.8. The third-order valence-corrected chi connectivity index (χ3v) is 8.67. The number of aryl methyl sites for hydroxylation is 2. The number of phenolic OH excluding ortho intramolecular Hbond substituents is 2. The third-order valence-electron chi connectivity index (χ3n) is 8.67. The van der Waals surface area contributed by atoms with E-state index in [4.69, 9.17) is 20.9 Å². The van der Waals surface area contributed by atoms with Crippen LogP contribution in [-0.4, -0.2) is 36.0 Å². The molecule has 0 aliphatic rings. The maximum absolute atomic E-state index is 12.4. The number of hydrogen-bond acceptors (Lipinski definition) is 8. The van der Waals surface area contributed by atoms with Gasteiger partial charge >= 0.3 is 0 Å². The summed E-state index contributed by atoms with van der Waals surface area (Å²) in [6, 6.07) is 17.5. The molecule has 0 saturated heterocycles. The highest BCUT2D eigenvalue weighted by molar-refractivity contribution is 6.08. The van der Waals surface area contributed by atoms with Gasteiger partial charge in [0.1, 0.15) is 23.0 Å². The van der Waals surface area contributed by atoms with Gasteiger partial charge in [0.05, 0.1) is 25.3 Å². The van der Waals surface area contributed by atoms with Gasteiger partial charge in [0.15, 0.2) is 11.6 Å². The molecule has 0 amide bonds. The van der Waals surface area contributed by atoms with Gasteiger partial charge in [-0.25, -0.2) is 0 Å². The van der Waals surface area contributed by atoms with Crippen LogP contribution >= 0.6 is 0 Å². The summed E-state index contributed by atoms with van der Waals surface area (Å²) in [6.45, 7) is 12.4. The van der Waals surface area contributed by atoms with Crippen LogP contribution in [0.5, 0.6) is 23.0 Å². The van der Waals surface area contributed by atoms with Crippen LogP contribution in [0.1, 0.15) is 120 Å². The summed E-state index contributed by atoms with van der Waals surface area (Å²) in [5.74, 6) is 1.64. The highest BCUT2D eigenvalue weighted by Gasteiger charge is 2.21. The molecule has 4 aromatic carbocycles. The average Bonchev–Trinajstić information content (AvgIpc) is 3.12. The van der Waals surface area contributed by atoms with Crippen molar-refractivity contribution in [2.75, 3.05) is 25.7 Å². The number of allylic oxidation sites excluding steroid dienone is 2. The number of nitrogen functional groups attached to an aromatic ring is 2. The second-order valence-corrected chi connectivity index (χ2v) is 13.3. The van der Waals surface area contributed by atoms with Crippen LogP contribution in [0, 0.1) is 0 Å². The van der Waals surface area contributed by atoms with Crippen LogP contribution in [0.4, 0.5) is 11.4 Å². The van der Waals surface area contributed by atoms with Crippen molar-refractivity contribution in [3.8, 4) is 23.0 Å². The summed E-state index contributed by atoms with van der Waals surface area (Å²) in [4.78, 5) is 24.8. The van der Waals surface area contributed by atoms with Crippen molar-refractivity contribution in [2.45, 2.75) is 79.1 Å². The van der Waals surface area contributed by atoms with E-state index < -0.39 is 0 Å². The summed E-state index contributed by atoms with van der Waals surface area (Å²) < 4.78 is 11.1. The van der Waals surface area contributed by atoms with E-state index in [1.807, 2.05) is 26.0 Å². The fourth-order valence-corrected chi connectivity index (χ4v) is 5.88. The van der Waals surface area contributed by atoms with Crippen molar-refractivity contribution < 1.29 is 29.3 Å². The molecular formula is C44H54N2O6. The number of ketones is 2. The van der Waals surface area contributed by atoms with Gasteiger partial charge in [0.25, 0.3) is 0 Å². The monoisotopic (exact) mass is 706 g/mol. The Balaban J connectivity index is 0.000000280. The molecule has 6 N–H and O–H groups in total. The molecule has 0 spiro atoms. The van der Waals surface area contributed by atoms with E-state index >= 15 is 0 Å². The molecule has 276 valence electrons. The van der Waals surface area contributed by atoms with Crippen LogP contribution in [-0.2, 0) is 12.8 Å². The Morgan fingerprint density at radius 3 is 1.46 bits per heavy atom. The minimum absolute atomic E-state index is 0.149. The van der Waals surface area contributed by atoms with Crippen LogP contribution in [0.2, 0.25) is 0 Å². The molecule has 0 saturated carbocycles. The number of ether oxygens (including phenoxy) is 2. The summed E-state index contributed by atoms with van der Waals surface area (Å²) in [6.07, 6.45) is 9.73. The molecular weight excluding hydrogens is 652 g/mol. The quantitative estimate of drug-likeness (QED) is 0.0576. The zero-order valence-electron chi connectivity index (χ0n) is 31.7. The van der Waals surface area contributed by atoms with Crippen molar-refractivity contribution in [1.82, 2.24) is 0 Å². The average molecular weight is 707 g/mol. The highest BCUT2D eigenvalue weighted by Crippen LogP contribution is 2.42. The molecule has 0 aliphatic carbocycles. The summed E-state index contributed by atoms with van der Waals surface area (Å²) in [5, 5.41) is 21.4. The largest absolute Gasteiger partial charge is 0.507 e. The Kier molecular flexibility index (Phi) is 15.1. The Hall–Kier alpha value is -5.50. The minimum Gasteiger partial charge on any atom is -0.507 e. The van der Waals surface area contributed by atoms with Gasteiger partial charge in [-0.05, 0) is 132 Å². The van der Waals surface area contributed by atoms with E-state index in [2.05, 4.69) is 27.7 Å². The molecule has 0 atom stereocenters. The molecule has 8 heteroatoms. The fraction of sp³-hybridized carbons (Fsp3) is 0.318. The predicted octanol–water partition coefficient (Wildman–Crippen LogP) is 9.91. The molecule has 0 unspecified atom stereocenters. The van der Waals surface area contributed by atoms with Crippen LogP contribution in [0.25, 0.3) is 12.2 Å². The SMILES string of the molecule is CCCc1cc(CCC)c(OC)c(C=CC(=O)c2ccc(N)cc2)c1O.COc1c(C(C)C)cc(C(C)C)c(O)c1C=CC(=O)c1ccc(N)cc1. The second kappa shape index (κ2) is 19.2. The molecule has 0 fully saturated rings. The minimum atomic E-state index is -0.160. The first kappa shape index (κ1) is 40.9. The fourth-order valence-electron chi connectivity index (χ4n) is 5.88. The lowest BCUT2D eigenvalue weighted by Gasteiger charge is -2.20. The zero-order chi connectivity index (χ0) is 38.5. The van der Waals surface area contributed by atoms with Gasteiger partial charge in [0.2, 0.25) is 0 Å². The Morgan fingerprint density at radius 2 is 1.06 bits per heavy atom. The number of benzene rings is 4. The lowest BCUT2D eigenvalue weighted by Crippen LogP contribution is -2.02. The summed E-state index contributed by atoms with van der Waals surface area (Å²) >= 11 is 0. The molecule has 4 aromatic rings. The maximum atomic E-state index is 12.4. The van der Waals surface area contributed by atoms with Crippen molar-refractivity contribution in [3.05, 3.63) is 117 Å². The first-order valence-corrected chi connectivity index (χ1v) is 17.8. The van der Waals surface area contributed by atoms with Crippen molar-refractivity contribution in [2.24, 2.45) is 0 Å². The maximum Gasteiger partial charge on any atom is 0.185 e. The molecule has 0 heterocycles. The number of hydrogen-bond donors (Lipinski definition) is 4.